The largest absolute Gasteiger partial charge is 0.508 e. The molecule has 0 saturated heterocycles. The predicted octanol–water partition coefficient (Wildman–Crippen LogP) is 2.54. The van der Waals surface area contributed by atoms with Gasteiger partial charge in [-0.3, -0.25) is 0 Å². The standard InChI is InChI=1S/C23H20O11/c1-32-18-5-9(2-16(28)21(18)30)22-19(8-12-13(25)6-11(24)7-17(12)33-22)34-23(31)10-3-14(26)20(29)15(27)4-10/h2-7,19,22,24-30H,8H2,1H3/t19-,22+/m0/s1. The van der Waals surface area contributed by atoms with Crippen LogP contribution in [0.15, 0.2) is 36.4 Å². The molecule has 0 saturated carbocycles. The minimum Gasteiger partial charge on any atom is -0.508 e. The number of hydrogen-bond acceptors (Lipinski definition) is 11. The van der Waals surface area contributed by atoms with Crippen LogP contribution in [-0.4, -0.2) is 54.9 Å². The van der Waals surface area contributed by atoms with Gasteiger partial charge in [0.15, 0.2) is 34.9 Å². The number of carbonyl (C=O) groups is 1. The average molecular weight is 472 g/mol. The van der Waals surface area contributed by atoms with E-state index >= 15 is 0 Å². The van der Waals surface area contributed by atoms with Crippen LogP contribution in [0.4, 0.5) is 0 Å². The van der Waals surface area contributed by atoms with Gasteiger partial charge in [-0.05, 0) is 24.3 Å². The molecule has 11 heteroatoms. The lowest BCUT2D eigenvalue weighted by Gasteiger charge is -2.34. The van der Waals surface area contributed by atoms with Crippen molar-refractivity contribution in [1.29, 1.82) is 0 Å². The molecule has 0 aliphatic carbocycles. The summed E-state index contributed by atoms with van der Waals surface area (Å²) in [6, 6.07) is 6.67. The molecule has 34 heavy (non-hydrogen) atoms. The summed E-state index contributed by atoms with van der Waals surface area (Å²) in [5.74, 6) is -4.89. The van der Waals surface area contributed by atoms with Crippen LogP contribution in [0.2, 0.25) is 0 Å². The van der Waals surface area contributed by atoms with Gasteiger partial charge in [-0.15, -0.1) is 0 Å². The minimum atomic E-state index is -1.12. The highest BCUT2D eigenvalue weighted by Crippen LogP contribution is 2.46. The van der Waals surface area contributed by atoms with Gasteiger partial charge in [-0.25, -0.2) is 4.79 Å². The van der Waals surface area contributed by atoms with Gasteiger partial charge in [0.2, 0.25) is 5.75 Å². The number of phenols is 7. The maximum absolute atomic E-state index is 12.8. The third kappa shape index (κ3) is 3.94. The minimum absolute atomic E-state index is 0.0818. The van der Waals surface area contributed by atoms with Crippen LogP contribution >= 0.6 is 0 Å². The zero-order chi connectivity index (χ0) is 24.7. The second-order valence-electron chi connectivity index (χ2n) is 7.58. The predicted molar refractivity (Wildman–Crippen MR) is 114 cm³/mol. The molecule has 0 fully saturated rings. The summed E-state index contributed by atoms with van der Waals surface area (Å²) in [6.07, 6.45) is -2.31. The second kappa shape index (κ2) is 8.35. The highest BCUT2D eigenvalue weighted by atomic mass is 16.6. The number of hydrogen-bond donors (Lipinski definition) is 7. The van der Waals surface area contributed by atoms with Crippen LogP contribution in [0.25, 0.3) is 0 Å². The number of methoxy groups -OCH3 is 1. The lowest BCUT2D eigenvalue weighted by molar-refractivity contribution is -0.0189. The number of benzene rings is 3. The van der Waals surface area contributed by atoms with E-state index in [1.54, 1.807) is 0 Å². The zero-order valence-corrected chi connectivity index (χ0v) is 17.6. The van der Waals surface area contributed by atoms with Gasteiger partial charge >= 0.3 is 5.97 Å². The molecule has 0 bridgehead atoms. The Morgan fingerprint density at radius 1 is 0.853 bits per heavy atom. The van der Waals surface area contributed by atoms with E-state index in [1.165, 1.54) is 25.3 Å². The van der Waals surface area contributed by atoms with Gasteiger partial charge in [0, 0.05) is 29.7 Å². The topological polar surface area (TPSA) is 186 Å². The zero-order valence-electron chi connectivity index (χ0n) is 17.6. The van der Waals surface area contributed by atoms with Crippen molar-refractivity contribution in [2.75, 3.05) is 7.11 Å². The fraction of sp³-hybridized carbons (Fsp3) is 0.174. The Balaban J connectivity index is 1.76. The van der Waals surface area contributed by atoms with Crippen LogP contribution in [-0.2, 0) is 11.2 Å². The first-order valence-electron chi connectivity index (χ1n) is 9.86. The number of aromatic hydroxyl groups is 7. The van der Waals surface area contributed by atoms with Gasteiger partial charge in [0.05, 0.1) is 12.7 Å². The summed E-state index contributed by atoms with van der Waals surface area (Å²) < 4.78 is 16.5. The average Bonchev–Trinajstić information content (AvgIpc) is 2.78. The molecule has 4 rings (SSSR count). The molecule has 178 valence electrons. The molecule has 0 radical (unpaired) electrons. The van der Waals surface area contributed by atoms with Crippen molar-refractivity contribution >= 4 is 5.97 Å². The van der Waals surface area contributed by atoms with Gasteiger partial charge in [0.25, 0.3) is 0 Å². The van der Waals surface area contributed by atoms with Crippen molar-refractivity contribution in [2.45, 2.75) is 18.6 Å². The second-order valence-corrected chi connectivity index (χ2v) is 7.58. The van der Waals surface area contributed by atoms with Crippen LogP contribution in [0.3, 0.4) is 0 Å². The maximum Gasteiger partial charge on any atom is 0.338 e. The quantitative estimate of drug-likeness (QED) is 0.218. The molecule has 1 aliphatic rings. The van der Waals surface area contributed by atoms with Gasteiger partial charge in [0.1, 0.15) is 23.4 Å². The number of ether oxygens (including phenoxy) is 3. The van der Waals surface area contributed by atoms with Crippen molar-refractivity contribution < 1.29 is 54.8 Å². The molecular weight excluding hydrogens is 452 g/mol. The molecule has 3 aromatic carbocycles. The summed E-state index contributed by atoms with van der Waals surface area (Å²) in [4.78, 5) is 12.8. The highest BCUT2D eigenvalue weighted by molar-refractivity contribution is 5.91. The molecule has 7 N–H and O–H groups in total. The highest BCUT2D eigenvalue weighted by Gasteiger charge is 2.37. The van der Waals surface area contributed by atoms with E-state index in [0.717, 1.165) is 18.2 Å². The number of rotatable bonds is 4. The van der Waals surface area contributed by atoms with E-state index in [-0.39, 0.29) is 46.1 Å². The van der Waals surface area contributed by atoms with Crippen LogP contribution < -0.4 is 9.47 Å². The number of esters is 1. The van der Waals surface area contributed by atoms with Gasteiger partial charge < -0.3 is 50.0 Å². The third-order valence-corrected chi connectivity index (χ3v) is 5.36. The van der Waals surface area contributed by atoms with Crippen molar-refractivity contribution in [2.24, 2.45) is 0 Å². The summed E-state index contributed by atoms with van der Waals surface area (Å²) in [7, 11) is 1.27. The van der Waals surface area contributed by atoms with Crippen LogP contribution in [0.1, 0.15) is 27.6 Å². The Kier molecular flexibility index (Phi) is 5.53. The number of carbonyl (C=O) groups excluding carboxylic acids is 1. The Morgan fingerprint density at radius 3 is 2.15 bits per heavy atom. The molecule has 1 heterocycles. The van der Waals surface area contributed by atoms with Crippen molar-refractivity contribution in [3.63, 3.8) is 0 Å². The molecule has 0 aromatic heterocycles. The monoisotopic (exact) mass is 472 g/mol. The van der Waals surface area contributed by atoms with E-state index in [1.807, 2.05) is 0 Å². The van der Waals surface area contributed by atoms with Crippen LogP contribution in [0.5, 0.6) is 51.7 Å². The van der Waals surface area contributed by atoms with E-state index in [9.17, 15) is 40.5 Å². The molecule has 11 nitrogen and oxygen atoms in total. The Bertz CT molecular complexity index is 1260. The van der Waals surface area contributed by atoms with E-state index < -0.39 is 46.9 Å². The van der Waals surface area contributed by atoms with Crippen molar-refractivity contribution in [1.82, 2.24) is 0 Å². The number of fused-ring (bicyclic) bond motifs is 1. The molecule has 0 unspecified atom stereocenters. The lowest BCUT2D eigenvalue weighted by Crippen LogP contribution is -2.34. The fourth-order valence-corrected chi connectivity index (χ4v) is 3.70. The molecule has 3 aromatic rings. The smallest absolute Gasteiger partial charge is 0.338 e. The number of phenolic OH excluding ortho intramolecular Hbond substituents is 7. The molecule has 0 amide bonds. The van der Waals surface area contributed by atoms with Crippen molar-refractivity contribution in [3.05, 3.63) is 53.1 Å². The lowest BCUT2D eigenvalue weighted by atomic mass is 9.93. The Labute approximate surface area is 191 Å². The van der Waals surface area contributed by atoms with Crippen molar-refractivity contribution in [3.8, 4) is 51.7 Å². The Hall–Kier alpha value is -4.67. The van der Waals surface area contributed by atoms with Gasteiger partial charge in [-0.1, -0.05) is 0 Å². The summed E-state index contributed by atoms with van der Waals surface area (Å²) in [6.45, 7) is 0. The fourth-order valence-electron chi connectivity index (χ4n) is 3.70. The summed E-state index contributed by atoms with van der Waals surface area (Å²) >= 11 is 0. The normalized spacial score (nSPS) is 16.9. The SMILES string of the molecule is COc1cc([C@H]2Oc3cc(O)cc(O)c3C[C@@H]2OC(=O)c2cc(O)c(O)c(O)c2)cc(O)c1O. The molecule has 0 spiro atoms. The third-order valence-electron chi connectivity index (χ3n) is 5.36. The molecule has 1 aliphatic heterocycles. The molecular formula is C23H20O11. The van der Waals surface area contributed by atoms with Gasteiger partial charge in [-0.2, -0.15) is 0 Å². The first kappa shape index (κ1) is 22.5. The van der Waals surface area contributed by atoms with E-state index in [4.69, 9.17) is 14.2 Å². The van der Waals surface area contributed by atoms with E-state index in [0.29, 0.717) is 0 Å². The maximum atomic E-state index is 12.8. The first-order valence-corrected chi connectivity index (χ1v) is 9.86. The summed E-state index contributed by atoms with van der Waals surface area (Å²) in [5, 5.41) is 69.1. The summed E-state index contributed by atoms with van der Waals surface area (Å²) in [5.41, 5.74) is 0.187. The molecule has 2 atom stereocenters. The van der Waals surface area contributed by atoms with Crippen LogP contribution in [0, 0.1) is 0 Å². The Morgan fingerprint density at radius 2 is 1.50 bits per heavy atom. The van der Waals surface area contributed by atoms with E-state index in [2.05, 4.69) is 0 Å². The first-order chi connectivity index (χ1) is 16.1.